The number of fused-ring (bicyclic) bond motifs is 1. The van der Waals surface area contributed by atoms with Crippen molar-refractivity contribution >= 4 is 27.3 Å². The molecular weight excluding hydrogens is 438 g/mol. The Morgan fingerprint density at radius 2 is 1.73 bits per heavy atom. The third kappa shape index (κ3) is 3.14. The van der Waals surface area contributed by atoms with E-state index in [2.05, 4.69) is 51.3 Å². The highest BCUT2D eigenvalue weighted by Gasteiger charge is 2.42. The quantitative estimate of drug-likeness (QED) is 0.512. The molecule has 0 spiro atoms. The van der Waals surface area contributed by atoms with Gasteiger partial charge < -0.3 is 0 Å². The van der Waals surface area contributed by atoms with Gasteiger partial charge in [0.15, 0.2) is 0 Å². The van der Waals surface area contributed by atoms with Gasteiger partial charge in [0.25, 0.3) is 0 Å². The molecule has 0 N–H and O–H groups in total. The molecule has 30 heavy (non-hydrogen) atoms. The maximum Gasteiger partial charge on any atom is 0.109 e. The number of para-hydroxylation sites is 1. The Balaban J connectivity index is 1.68. The first-order chi connectivity index (χ1) is 14.7. The summed E-state index contributed by atoms with van der Waals surface area (Å²) in [5, 5.41) is 22.0. The molecule has 3 aromatic rings. The Morgan fingerprint density at radius 3 is 2.47 bits per heavy atom. The normalized spacial score (nSPS) is 20.6. The second-order valence-corrected chi connectivity index (χ2v) is 8.85. The number of hydrogen-bond donors (Lipinski definition) is 0. The summed E-state index contributed by atoms with van der Waals surface area (Å²) < 4.78 is 2.96. The van der Waals surface area contributed by atoms with E-state index < -0.39 is 0 Å². The van der Waals surface area contributed by atoms with Gasteiger partial charge in [-0.2, -0.15) is 15.5 Å². The summed E-state index contributed by atoms with van der Waals surface area (Å²) in [6.07, 6.45) is 4.59. The van der Waals surface area contributed by atoms with E-state index in [0.29, 0.717) is 17.5 Å². The van der Waals surface area contributed by atoms with Gasteiger partial charge in [0.2, 0.25) is 0 Å². The van der Waals surface area contributed by atoms with Crippen LogP contribution in [-0.2, 0) is 0 Å². The van der Waals surface area contributed by atoms with Crippen LogP contribution in [0.5, 0.6) is 0 Å². The number of rotatable bonds is 3. The number of aromatic nitrogens is 2. The number of hydrazone groups is 1. The van der Waals surface area contributed by atoms with E-state index in [1.807, 2.05) is 41.9 Å². The van der Waals surface area contributed by atoms with E-state index in [4.69, 9.17) is 10.2 Å². The van der Waals surface area contributed by atoms with E-state index in [0.717, 1.165) is 45.8 Å². The topological polar surface area (TPSA) is 57.2 Å². The molecule has 2 heterocycles. The van der Waals surface area contributed by atoms with Crippen molar-refractivity contribution in [1.82, 2.24) is 9.78 Å². The molecule has 2 unspecified atom stereocenters. The summed E-state index contributed by atoms with van der Waals surface area (Å²) in [5.41, 5.74) is 5.25. The van der Waals surface area contributed by atoms with Crippen LogP contribution in [0, 0.1) is 24.2 Å². The number of halogens is 1. The molecule has 1 saturated carbocycles. The highest BCUT2D eigenvalue weighted by Crippen LogP contribution is 2.40. The molecule has 1 aromatic heterocycles. The minimum atomic E-state index is 0.299. The number of nitriles is 1. The van der Waals surface area contributed by atoms with E-state index in [1.54, 1.807) is 0 Å². The predicted molar refractivity (Wildman–Crippen MR) is 122 cm³/mol. The van der Waals surface area contributed by atoms with Gasteiger partial charge in [-0.15, -0.1) is 0 Å². The van der Waals surface area contributed by atoms with Gasteiger partial charge >= 0.3 is 0 Å². The Bertz CT molecular complexity index is 1140. The molecule has 5 nitrogen and oxygen atoms in total. The SMILES string of the molecule is Cc1nn(-c2ccccc2)c(C2=NN(c3ccc(Br)cc3)C3CCCCC23)c1C#N. The average Bonchev–Trinajstić information content (AvgIpc) is 3.32. The van der Waals surface area contributed by atoms with Gasteiger partial charge in [0.05, 0.1) is 28.8 Å². The highest BCUT2D eigenvalue weighted by molar-refractivity contribution is 9.10. The molecule has 1 fully saturated rings. The molecule has 1 aliphatic heterocycles. The zero-order chi connectivity index (χ0) is 20.7. The lowest BCUT2D eigenvalue weighted by molar-refractivity contribution is 0.383. The molecule has 5 rings (SSSR count). The van der Waals surface area contributed by atoms with Crippen LogP contribution in [0.1, 0.15) is 42.6 Å². The summed E-state index contributed by atoms with van der Waals surface area (Å²) >= 11 is 3.53. The molecule has 0 radical (unpaired) electrons. The number of hydrogen-bond acceptors (Lipinski definition) is 4. The van der Waals surface area contributed by atoms with Crippen LogP contribution < -0.4 is 5.01 Å². The molecule has 150 valence electrons. The maximum absolute atomic E-state index is 9.95. The lowest BCUT2D eigenvalue weighted by atomic mass is 9.80. The smallest absolute Gasteiger partial charge is 0.109 e. The number of aryl methyl sites for hydroxylation is 1. The average molecular weight is 460 g/mol. The van der Waals surface area contributed by atoms with E-state index in [1.165, 1.54) is 12.8 Å². The van der Waals surface area contributed by atoms with Crippen molar-refractivity contribution in [2.45, 2.75) is 38.6 Å². The molecule has 2 aliphatic rings. The first-order valence-electron chi connectivity index (χ1n) is 10.4. The molecule has 2 atom stereocenters. The minimum absolute atomic E-state index is 0.299. The van der Waals surface area contributed by atoms with Crippen LogP contribution in [0.3, 0.4) is 0 Å². The highest BCUT2D eigenvalue weighted by atomic mass is 79.9. The predicted octanol–water partition coefficient (Wildman–Crippen LogP) is 5.60. The first-order valence-corrected chi connectivity index (χ1v) is 11.2. The van der Waals surface area contributed by atoms with Gasteiger partial charge in [-0.05, 0) is 56.2 Å². The van der Waals surface area contributed by atoms with Gasteiger partial charge in [0, 0.05) is 10.4 Å². The number of anilines is 1. The molecule has 0 amide bonds. The van der Waals surface area contributed by atoms with Crippen molar-refractivity contribution in [3.05, 3.63) is 76.0 Å². The van der Waals surface area contributed by atoms with Crippen molar-refractivity contribution in [3.63, 3.8) is 0 Å². The van der Waals surface area contributed by atoms with Gasteiger partial charge in [-0.1, -0.05) is 47.0 Å². The second kappa shape index (κ2) is 7.73. The van der Waals surface area contributed by atoms with Crippen LogP contribution in [0.25, 0.3) is 5.69 Å². The molecule has 0 saturated heterocycles. The Labute approximate surface area is 184 Å². The molecule has 0 bridgehead atoms. The maximum atomic E-state index is 9.95. The third-order valence-electron chi connectivity index (χ3n) is 6.12. The summed E-state index contributed by atoms with van der Waals surface area (Å²) in [6, 6.07) is 21.1. The van der Waals surface area contributed by atoms with E-state index >= 15 is 0 Å². The van der Waals surface area contributed by atoms with E-state index in [-0.39, 0.29) is 0 Å². The Kier molecular flexibility index (Phi) is 4.92. The first kappa shape index (κ1) is 19.1. The summed E-state index contributed by atoms with van der Waals surface area (Å²) in [6.45, 7) is 1.90. The van der Waals surface area contributed by atoms with Crippen LogP contribution in [0.2, 0.25) is 0 Å². The monoisotopic (exact) mass is 459 g/mol. The molecular formula is C24H22BrN5. The molecule has 6 heteroatoms. The minimum Gasteiger partial charge on any atom is -0.261 e. The third-order valence-corrected chi connectivity index (χ3v) is 6.65. The standard InChI is InChI=1S/C24H22BrN5/c1-16-21(15-26)24(30(27-16)18-7-3-2-4-8-18)23-20-9-5-6-10-22(20)29(28-23)19-13-11-17(25)12-14-19/h2-4,7-8,11-14,20,22H,5-6,9-10H2,1H3. The van der Waals surface area contributed by atoms with Crippen LogP contribution in [0.4, 0.5) is 5.69 Å². The zero-order valence-electron chi connectivity index (χ0n) is 16.8. The number of nitrogens with zero attached hydrogens (tertiary/aromatic N) is 5. The van der Waals surface area contributed by atoms with Crippen LogP contribution >= 0.6 is 15.9 Å². The largest absolute Gasteiger partial charge is 0.261 e. The summed E-state index contributed by atoms with van der Waals surface area (Å²) in [5.74, 6) is 0.299. The number of benzene rings is 2. The van der Waals surface area contributed by atoms with Crippen molar-refractivity contribution in [1.29, 1.82) is 5.26 Å². The van der Waals surface area contributed by atoms with Crippen molar-refractivity contribution < 1.29 is 0 Å². The Morgan fingerprint density at radius 1 is 1.00 bits per heavy atom. The Hall–Kier alpha value is -2.91. The van der Waals surface area contributed by atoms with Gasteiger partial charge in [-0.3, -0.25) is 5.01 Å². The van der Waals surface area contributed by atoms with Crippen molar-refractivity contribution in [2.24, 2.45) is 11.0 Å². The molecule has 2 aromatic carbocycles. The summed E-state index contributed by atoms with van der Waals surface area (Å²) in [7, 11) is 0. The van der Waals surface area contributed by atoms with Gasteiger partial charge in [-0.25, -0.2) is 4.68 Å². The fourth-order valence-electron chi connectivity index (χ4n) is 4.71. The fourth-order valence-corrected chi connectivity index (χ4v) is 4.97. The lowest BCUT2D eigenvalue weighted by Gasteiger charge is -2.31. The van der Waals surface area contributed by atoms with Crippen LogP contribution in [-0.4, -0.2) is 21.5 Å². The fraction of sp³-hybridized carbons (Fsp3) is 0.292. The van der Waals surface area contributed by atoms with Crippen LogP contribution in [0.15, 0.2) is 64.2 Å². The second-order valence-electron chi connectivity index (χ2n) is 7.93. The summed E-state index contributed by atoms with van der Waals surface area (Å²) in [4.78, 5) is 0. The van der Waals surface area contributed by atoms with Gasteiger partial charge in [0.1, 0.15) is 17.3 Å². The lowest BCUT2D eigenvalue weighted by Crippen LogP contribution is -2.36. The molecule has 1 aliphatic carbocycles. The van der Waals surface area contributed by atoms with Crippen molar-refractivity contribution in [2.75, 3.05) is 5.01 Å². The van der Waals surface area contributed by atoms with Crippen molar-refractivity contribution in [3.8, 4) is 11.8 Å². The zero-order valence-corrected chi connectivity index (χ0v) is 18.4. The van der Waals surface area contributed by atoms with E-state index in [9.17, 15) is 5.26 Å².